The molecule has 0 saturated heterocycles. The number of carbonyl (C=O) groups excluding carboxylic acids is 2. The molecule has 17 heavy (non-hydrogen) atoms. The van der Waals surface area contributed by atoms with E-state index in [1.54, 1.807) is 0 Å². The summed E-state index contributed by atoms with van der Waals surface area (Å²) in [5, 5.41) is 4.89. The van der Waals surface area contributed by atoms with Gasteiger partial charge in [-0.05, 0) is 12.8 Å². The molecule has 0 aliphatic carbocycles. The summed E-state index contributed by atoms with van der Waals surface area (Å²) in [6, 6.07) is 0. The zero-order valence-corrected chi connectivity index (χ0v) is 11.0. The van der Waals surface area contributed by atoms with E-state index in [2.05, 4.69) is 17.6 Å². The molecule has 0 aliphatic heterocycles. The zero-order valence-electron chi connectivity index (χ0n) is 10.3. The van der Waals surface area contributed by atoms with E-state index in [9.17, 15) is 9.59 Å². The summed E-state index contributed by atoms with van der Waals surface area (Å²) in [4.78, 5) is 22.3. The first-order valence-electron chi connectivity index (χ1n) is 5.92. The van der Waals surface area contributed by atoms with Crippen LogP contribution < -0.4 is 10.6 Å². The van der Waals surface area contributed by atoms with Gasteiger partial charge >= 0.3 is 11.8 Å². The van der Waals surface area contributed by atoms with E-state index in [-0.39, 0.29) is 0 Å². The van der Waals surface area contributed by atoms with Gasteiger partial charge in [0.05, 0.1) is 0 Å². The fraction of sp³-hybridized carbons (Fsp3) is 0.818. The average Bonchev–Trinajstić information content (AvgIpc) is 2.34. The maximum Gasteiger partial charge on any atom is 0.309 e. The van der Waals surface area contributed by atoms with Gasteiger partial charge in [0.15, 0.2) is 0 Å². The van der Waals surface area contributed by atoms with Crippen LogP contribution in [0.5, 0.6) is 0 Å². The normalized spacial score (nSPS) is 10.0. The largest absolute Gasteiger partial charge is 0.381 e. The second kappa shape index (κ2) is 11.7. The van der Waals surface area contributed by atoms with Gasteiger partial charge in [-0.3, -0.25) is 9.59 Å². The van der Waals surface area contributed by atoms with Gasteiger partial charge in [-0.15, -0.1) is 11.6 Å². The van der Waals surface area contributed by atoms with Gasteiger partial charge in [0.1, 0.15) is 0 Å². The molecule has 0 spiro atoms. The molecule has 0 aromatic heterocycles. The third-order valence-electron chi connectivity index (χ3n) is 1.98. The summed E-state index contributed by atoms with van der Waals surface area (Å²) in [5.41, 5.74) is 0. The molecular formula is C11H21ClN2O3. The highest BCUT2D eigenvalue weighted by molar-refractivity contribution is 6.35. The minimum atomic E-state index is -0.641. The summed E-state index contributed by atoms with van der Waals surface area (Å²) < 4.78 is 5.31. The molecule has 5 nitrogen and oxygen atoms in total. The Balaban J connectivity index is 3.35. The quantitative estimate of drug-likeness (QED) is 0.365. The Labute approximate surface area is 107 Å². The van der Waals surface area contributed by atoms with Gasteiger partial charge in [0.25, 0.3) is 0 Å². The summed E-state index contributed by atoms with van der Waals surface area (Å²) >= 11 is 5.37. The van der Waals surface area contributed by atoms with Gasteiger partial charge in [-0.2, -0.15) is 0 Å². The minimum absolute atomic E-state index is 0.296. The number of alkyl halides is 1. The minimum Gasteiger partial charge on any atom is -0.381 e. The Hall–Kier alpha value is -0.810. The second-order valence-electron chi connectivity index (χ2n) is 3.52. The molecule has 2 N–H and O–H groups in total. The van der Waals surface area contributed by atoms with Crippen molar-refractivity contribution in [2.45, 2.75) is 26.2 Å². The number of halogens is 1. The van der Waals surface area contributed by atoms with Crippen LogP contribution in [-0.4, -0.2) is 44.0 Å². The number of carbonyl (C=O) groups is 2. The van der Waals surface area contributed by atoms with Crippen LogP contribution in [0.4, 0.5) is 0 Å². The van der Waals surface area contributed by atoms with E-state index in [4.69, 9.17) is 16.3 Å². The first-order chi connectivity index (χ1) is 8.22. The predicted molar refractivity (Wildman–Crippen MR) is 67.1 cm³/mol. The third-order valence-corrected chi connectivity index (χ3v) is 2.17. The molecule has 0 aliphatic rings. The monoisotopic (exact) mass is 264 g/mol. The molecule has 0 heterocycles. The van der Waals surface area contributed by atoms with Crippen molar-refractivity contribution >= 4 is 23.4 Å². The Morgan fingerprint density at radius 3 is 2.24 bits per heavy atom. The van der Waals surface area contributed by atoms with Gasteiger partial charge < -0.3 is 15.4 Å². The maximum atomic E-state index is 11.2. The van der Waals surface area contributed by atoms with Crippen molar-refractivity contribution in [1.29, 1.82) is 0 Å². The summed E-state index contributed by atoms with van der Waals surface area (Å²) in [6.07, 6.45) is 2.86. The van der Waals surface area contributed by atoms with Gasteiger partial charge in [0.2, 0.25) is 0 Å². The van der Waals surface area contributed by atoms with Gasteiger partial charge in [-0.25, -0.2) is 0 Å². The van der Waals surface area contributed by atoms with Gasteiger partial charge in [0, 0.05) is 32.2 Å². The van der Waals surface area contributed by atoms with Crippen molar-refractivity contribution in [3.63, 3.8) is 0 Å². The third kappa shape index (κ3) is 10.1. The van der Waals surface area contributed by atoms with Crippen molar-refractivity contribution in [3.05, 3.63) is 0 Å². The lowest BCUT2D eigenvalue weighted by Gasteiger charge is -2.06. The molecule has 0 rings (SSSR count). The molecule has 0 aromatic carbocycles. The fourth-order valence-electron chi connectivity index (χ4n) is 1.05. The van der Waals surface area contributed by atoms with Crippen molar-refractivity contribution < 1.29 is 14.3 Å². The zero-order chi connectivity index (χ0) is 12.9. The predicted octanol–water partition coefficient (Wildman–Crippen LogP) is 0.664. The topological polar surface area (TPSA) is 67.4 Å². The molecule has 0 bridgehead atoms. The number of nitrogens with one attached hydrogen (secondary N) is 2. The number of rotatable bonds is 9. The molecule has 0 radical (unpaired) electrons. The number of ether oxygens (including phenoxy) is 1. The highest BCUT2D eigenvalue weighted by atomic mass is 35.5. The van der Waals surface area contributed by atoms with Crippen LogP contribution in [0.2, 0.25) is 0 Å². The lowest BCUT2D eigenvalue weighted by molar-refractivity contribution is -0.139. The number of hydrogen-bond donors (Lipinski definition) is 2. The standard InChI is InChI=1S/C11H21ClN2O3/c1-2-3-8-17-9-4-6-13-10(15)11(16)14-7-5-12/h2-9H2,1H3,(H,13,15)(H,14,16). The van der Waals surface area contributed by atoms with Crippen molar-refractivity contribution in [1.82, 2.24) is 10.6 Å². The number of amides is 2. The van der Waals surface area contributed by atoms with Crippen LogP contribution in [-0.2, 0) is 14.3 Å². The Kier molecular flexibility index (Phi) is 11.1. The molecule has 0 unspecified atom stereocenters. The van der Waals surface area contributed by atoms with Crippen molar-refractivity contribution in [3.8, 4) is 0 Å². The van der Waals surface area contributed by atoms with E-state index < -0.39 is 11.8 Å². The molecule has 6 heteroatoms. The van der Waals surface area contributed by atoms with Crippen molar-refractivity contribution in [2.24, 2.45) is 0 Å². The smallest absolute Gasteiger partial charge is 0.309 e. The first-order valence-corrected chi connectivity index (χ1v) is 6.45. The van der Waals surface area contributed by atoms with E-state index >= 15 is 0 Å². The second-order valence-corrected chi connectivity index (χ2v) is 3.90. The van der Waals surface area contributed by atoms with Gasteiger partial charge in [-0.1, -0.05) is 13.3 Å². The van der Waals surface area contributed by atoms with Crippen LogP contribution in [0.3, 0.4) is 0 Å². The first kappa shape index (κ1) is 16.2. The highest BCUT2D eigenvalue weighted by Gasteiger charge is 2.10. The molecule has 0 saturated carbocycles. The molecule has 0 aromatic rings. The van der Waals surface area contributed by atoms with E-state index in [0.717, 1.165) is 19.4 Å². The molecule has 100 valence electrons. The molecule has 2 amide bonds. The van der Waals surface area contributed by atoms with Crippen LogP contribution in [0.25, 0.3) is 0 Å². The van der Waals surface area contributed by atoms with Crippen molar-refractivity contribution in [2.75, 3.05) is 32.2 Å². The SMILES string of the molecule is CCCCOCCCNC(=O)C(=O)NCCCl. The molecular weight excluding hydrogens is 244 g/mol. The summed E-state index contributed by atoms with van der Waals surface area (Å²) in [7, 11) is 0. The van der Waals surface area contributed by atoms with Crippen LogP contribution in [0.1, 0.15) is 26.2 Å². The lowest BCUT2D eigenvalue weighted by atomic mass is 10.3. The van der Waals surface area contributed by atoms with Crippen LogP contribution in [0.15, 0.2) is 0 Å². The van der Waals surface area contributed by atoms with E-state index in [1.165, 1.54) is 0 Å². The molecule has 0 atom stereocenters. The van der Waals surface area contributed by atoms with Crippen LogP contribution >= 0.6 is 11.6 Å². The average molecular weight is 265 g/mol. The summed E-state index contributed by atoms with van der Waals surface area (Å²) in [6.45, 7) is 4.19. The summed E-state index contributed by atoms with van der Waals surface area (Å²) in [5.74, 6) is -0.967. The Morgan fingerprint density at radius 2 is 1.65 bits per heavy atom. The Morgan fingerprint density at radius 1 is 1.06 bits per heavy atom. The maximum absolute atomic E-state index is 11.2. The van der Waals surface area contributed by atoms with E-state index in [1.807, 2.05) is 0 Å². The fourth-order valence-corrected chi connectivity index (χ4v) is 1.14. The lowest BCUT2D eigenvalue weighted by Crippen LogP contribution is -2.41. The Bertz CT molecular complexity index is 225. The molecule has 0 fully saturated rings. The highest BCUT2D eigenvalue weighted by Crippen LogP contribution is 1.89. The number of hydrogen-bond acceptors (Lipinski definition) is 3. The van der Waals surface area contributed by atoms with E-state index in [0.29, 0.717) is 32.0 Å². The number of unbranched alkanes of at least 4 members (excludes halogenated alkanes) is 1. The van der Waals surface area contributed by atoms with Crippen LogP contribution in [0, 0.1) is 0 Å².